The van der Waals surface area contributed by atoms with Crippen LogP contribution in [-0.4, -0.2) is 45.2 Å². The Balaban J connectivity index is 1.28. The summed E-state index contributed by atoms with van der Waals surface area (Å²) in [6, 6.07) is 10.6. The van der Waals surface area contributed by atoms with Crippen LogP contribution in [0.25, 0.3) is 10.2 Å². The number of hydrogen-bond donors (Lipinski definition) is 2. The number of benzene rings is 1. The third-order valence-corrected chi connectivity index (χ3v) is 8.05. The first-order valence-corrected chi connectivity index (χ1v) is 12.4. The summed E-state index contributed by atoms with van der Waals surface area (Å²) in [5.41, 5.74) is 2.20. The molecule has 3 heterocycles. The van der Waals surface area contributed by atoms with Gasteiger partial charge in [-0.2, -0.15) is 0 Å². The second-order valence-corrected chi connectivity index (χ2v) is 10.7. The molecule has 1 aliphatic rings. The molecular weight excluding hydrogens is 428 g/mol. The van der Waals surface area contributed by atoms with Crippen molar-refractivity contribution in [3.8, 4) is 0 Å². The zero-order valence-electron chi connectivity index (χ0n) is 18.1. The second-order valence-electron chi connectivity index (χ2n) is 8.14. The molecule has 3 aromatic rings. The first-order chi connectivity index (χ1) is 14.9. The number of aromatic nitrogens is 2. The summed E-state index contributed by atoms with van der Waals surface area (Å²) >= 11 is 3.04. The number of likely N-dealkylation sites (tertiary alicyclic amines) is 1. The molecule has 0 aliphatic carbocycles. The number of nitrogens with zero attached hydrogens (tertiary/aromatic N) is 2. The molecule has 2 atom stereocenters. The number of carbonyl (C=O) groups is 1. The number of aromatic amines is 1. The number of fused-ring (bicyclic) bond motifs is 1. The highest BCUT2D eigenvalue weighted by molar-refractivity contribution is 7.99. The van der Waals surface area contributed by atoms with Crippen LogP contribution in [0.1, 0.15) is 35.2 Å². The van der Waals surface area contributed by atoms with Gasteiger partial charge in [-0.1, -0.05) is 30.3 Å². The quantitative estimate of drug-likeness (QED) is 0.568. The molecule has 0 saturated carbocycles. The van der Waals surface area contributed by atoms with Gasteiger partial charge in [0.2, 0.25) is 5.91 Å². The number of rotatable bonds is 7. The number of carbonyl (C=O) groups excluding carboxylic acids is 1. The largest absolute Gasteiger partial charge is 0.351 e. The molecule has 1 amide bonds. The molecule has 2 N–H and O–H groups in total. The summed E-state index contributed by atoms with van der Waals surface area (Å²) < 4.78 is 0. The van der Waals surface area contributed by atoms with E-state index in [0.717, 1.165) is 41.3 Å². The molecule has 2 aromatic heterocycles. The third kappa shape index (κ3) is 5.19. The Morgan fingerprint density at radius 2 is 2.13 bits per heavy atom. The fraction of sp³-hybridized carbons (Fsp3) is 0.435. The van der Waals surface area contributed by atoms with Crippen LogP contribution in [0.3, 0.4) is 0 Å². The van der Waals surface area contributed by atoms with Crippen LogP contribution in [0.5, 0.6) is 0 Å². The predicted molar refractivity (Wildman–Crippen MR) is 129 cm³/mol. The number of nitrogens with one attached hydrogen (secondary N) is 2. The van der Waals surface area contributed by atoms with E-state index in [1.165, 1.54) is 17.3 Å². The molecule has 1 fully saturated rings. The van der Waals surface area contributed by atoms with Crippen LogP contribution in [-0.2, 0) is 17.1 Å². The highest BCUT2D eigenvalue weighted by Gasteiger charge is 2.25. The minimum absolute atomic E-state index is 0.0443. The van der Waals surface area contributed by atoms with E-state index in [9.17, 15) is 9.59 Å². The van der Waals surface area contributed by atoms with Crippen LogP contribution in [0.4, 0.5) is 0 Å². The van der Waals surface area contributed by atoms with Gasteiger partial charge in [-0.3, -0.25) is 14.5 Å². The molecule has 8 heteroatoms. The van der Waals surface area contributed by atoms with E-state index in [1.807, 2.05) is 26.8 Å². The molecule has 4 rings (SSSR count). The SMILES string of the molecule is Cc1sc2nc(CSC(C)C(=O)NC3CCN(Cc4ccccc4)C3)[nH]c(=O)c2c1C. The molecule has 0 radical (unpaired) electrons. The predicted octanol–water partition coefficient (Wildman–Crippen LogP) is 3.61. The van der Waals surface area contributed by atoms with Gasteiger partial charge in [-0.15, -0.1) is 23.1 Å². The van der Waals surface area contributed by atoms with Crippen molar-refractivity contribution < 1.29 is 4.79 Å². The van der Waals surface area contributed by atoms with Gasteiger partial charge in [0, 0.05) is 30.6 Å². The van der Waals surface area contributed by atoms with Gasteiger partial charge >= 0.3 is 0 Å². The number of H-pyrrole nitrogens is 1. The summed E-state index contributed by atoms with van der Waals surface area (Å²) in [5.74, 6) is 1.17. The van der Waals surface area contributed by atoms with E-state index in [0.29, 0.717) is 17.0 Å². The summed E-state index contributed by atoms with van der Waals surface area (Å²) in [7, 11) is 0. The number of amides is 1. The van der Waals surface area contributed by atoms with Crippen molar-refractivity contribution in [2.75, 3.05) is 13.1 Å². The van der Waals surface area contributed by atoms with Crippen molar-refractivity contribution in [1.82, 2.24) is 20.2 Å². The van der Waals surface area contributed by atoms with E-state index in [2.05, 4.69) is 44.5 Å². The van der Waals surface area contributed by atoms with E-state index >= 15 is 0 Å². The first kappa shape index (κ1) is 22.0. The van der Waals surface area contributed by atoms with Crippen molar-refractivity contribution in [2.45, 2.75) is 50.8 Å². The Morgan fingerprint density at radius 1 is 1.35 bits per heavy atom. The Bertz CT molecular complexity index is 1130. The highest BCUT2D eigenvalue weighted by Crippen LogP contribution is 2.26. The minimum atomic E-state index is -0.212. The maximum atomic E-state index is 12.7. The van der Waals surface area contributed by atoms with Gasteiger partial charge in [-0.25, -0.2) is 4.98 Å². The Kier molecular flexibility index (Phi) is 6.79. The molecule has 1 aliphatic heterocycles. The maximum absolute atomic E-state index is 12.7. The molecule has 6 nitrogen and oxygen atoms in total. The molecule has 164 valence electrons. The van der Waals surface area contributed by atoms with Crippen LogP contribution >= 0.6 is 23.1 Å². The lowest BCUT2D eigenvalue weighted by Crippen LogP contribution is -2.40. The highest BCUT2D eigenvalue weighted by atomic mass is 32.2. The Hall–Kier alpha value is -2.16. The first-order valence-electron chi connectivity index (χ1n) is 10.6. The second kappa shape index (κ2) is 9.54. The van der Waals surface area contributed by atoms with Crippen molar-refractivity contribution in [2.24, 2.45) is 0 Å². The van der Waals surface area contributed by atoms with E-state index < -0.39 is 0 Å². The number of aryl methyl sites for hydroxylation is 2. The molecule has 0 bridgehead atoms. The van der Waals surface area contributed by atoms with Crippen LogP contribution in [0.15, 0.2) is 35.1 Å². The molecular formula is C23H28N4O2S2. The summed E-state index contributed by atoms with van der Waals surface area (Å²) in [4.78, 5) is 36.9. The zero-order valence-corrected chi connectivity index (χ0v) is 19.7. The van der Waals surface area contributed by atoms with Crippen molar-refractivity contribution >= 4 is 39.2 Å². The average Bonchev–Trinajstić information content (AvgIpc) is 3.30. The molecule has 1 aromatic carbocycles. The summed E-state index contributed by atoms with van der Waals surface area (Å²) in [5, 5.41) is 3.66. The number of thiophene rings is 1. The number of thioether (sulfide) groups is 1. The fourth-order valence-electron chi connectivity index (χ4n) is 3.90. The Morgan fingerprint density at radius 3 is 2.90 bits per heavy atom. The van der Waals surface area contributed by atoms with Crippen LogP contribution in [0.2, 0.25) is 0 Å². The van der Waals surface area contributed by atoms with Gasteiger partial charge in [-0.05, 0) is 38.3 Å². The lowest BCUT2D eigenvalue weighted by atomic mass is 10.2. The fourth-order valence-corrected chi connectivity index (χ4v) is 5.71. The smallest absolute Gasteiger partial charge is 0.259 e. The van der Waals surface area contributed by atoms with Crippen LogP contribution < -0.4 is 10.9 Å². The van der Waals surface area contributed by atoms with E-state index in [4.69, 9.17) is 0 Å². The van der Waals surface area contributed by atoms with Gasteiger partial charge in [0.1, 0.15) is 10.7 Å². The topological polar surface area (TPSA) is 78.1 Å². The van der Waals surface area contributed by atoms with E-state index in [-0.39, 0.29) is 22.8 Å². The van der Waals surface area contributed by atoms with E-state index in [1.54, 1.807) is 11.3 Å². The monoisotopic (exact) mass is 456 g/mol. The van der Waals surface area contributed by atoms with Crippen molar-refractivity contribution in [3.63, 3.8) is 0 Å². The van der Waals surface area contributed by atoms with Gasteiger partial charge in [0.25, 0.3) is 5.56 Å². The molecule has 31 heavy (non-hydrogen) atoms. The number of hydrogen-bond acceptors (Lipinski definition) is 6. The maximum Gasteiger partial charge on any atom is 0.259 e. The van der Waals surface area contributed by atoms with Gasteiger partial charge < -0.3 is 10.3 Å². The average molecular weight is 457 g/mol. The van der Waals surface area contributed by atoms with Crippen molar-refractivity contribution in [3.05, 3.63) is 62.5 Å². The lowest BCUT2D eigenvalue weighted by Gasteiger charge is -2.18. The van der Waals surface area contributed by atoms with Crippen LogP contribution in [0, 0.1) is 13.8 Å². The normalized spacial score (nSPS) is 17.8. The van der Waals surface area contributed by atoms with Gasteiger partial charge in [0.05, 0.1) is 16.4 Å². The molecule has 2 unspecified atom stereocenters. The zero-order chi connectivity index (χ0) is 22.0. The summed E-state index contributed by atoms with van der Waals surface area (Å²) in [6.45, 7) is 8.65. The third-order valence-electron chi connectivity index (χ3n) is 5.80. The van der Waals surface area contributed by atoms with Crippen molar-refractivity contribution in [1.29, 1.82) is 0 Å². The Labute approximate surface area is 190 Å². The summed E-state index contributed by atoms with van der Waals surface area (Å²) in [6.07, 6.45) is 0.971. The van der Waals surface area contributed by atoms with Gasteiger partial charge in [0.15, 0.2) is 0 Å². The lowest BCUT2D eigenvalue weighted by molar-refractivity contribution is -0.120. The minimum Gasteiger partial charge on any atom is -0.351 e. The molecule has 0 spiro atoms. The standard InChI is InChI=1S/C23H28N4O2S2/c1-14-15(2)31-23-20(14)22(29)25-19(26-23)13-30-16(3)21(28)24-18-9-10-27(12-18)11-17-7-5-4-6-8-17/h4-8,16,18H,9-13H2,1-3H3,(H,24,28)(H,25,26,29). The molecule has 1 saturated heterocycles.